The van der Waals surface area contributed by atoms with Crippen LogP contribution in [0.1, 0.15) is 12.8 Å². The summed E-state index contributed by atoms with van der Waals surface area (Å²) in [7, 11) is 0. The monoisotopic (exact) mass is 368 g/mol. The summed E-state index contributed by atoms with van der Waals surface area (Å²) in [5.74, 6) is -0.0622. The van der Waals surface area contributed by atoms with Crippen LogP contribution in [0.5, 0.6) is 0 Å². The van der Waals surface area contributed by atoms with Crippen molar-refractivity contribution in [2.75, 3.05) is 18.0 Å². The molecule has 1 N–H and O–H groups in total. The first kappa shape index (κ1) is 14.6. The maximum atomic E-state index is 11.0. The van der Waals surface area contributed by atoms with Crippen molar-refractivity contribution in [2.24, 2.45) is 5.92 Å². The highest BCUT2D eigenvalue weighted by molar-refractivity contribution is 9.10. The molecule has 3 rings (SSSR count). The second-order valence-electron chi connectivity index (χ2n) is 5.19. The van der Waals surface area contributed by atoms with Gasteiger partial charge in [-0.3, -0.25) is 4.79 Å². The van der Waals surface area contributed by atoms with Gasteiger partial charge in [0, 0.05) is 22.9 Å². The van der Waals surface area contributed by atoms with Crippen LogP contribution in [0.2, 0.25) is 5.02 Å². The van der Waals surface area contributed by atoms with Gasteiger partial charge in [0.15, 0.2) is 0 Å². The Labute approximate surface area is 135 Å². The number of fused-ring (bicyclic) bond motifs is 1. The topological polar surface area (TPSA) is 53.4 Å². The van der Waals surface area contributed by atoms with E-state index in [0.29, 0.717) is 31.0 Å². The summed E-state index contributed by atoms with van der Waals surface area (Å²) in [4.78, 5) is 17.8. The van der Waals surface area contributed by atoms with E-state index in [2.05, 4.69) is 25.8 Å². The molecule has 0 unspecified atom stereocenters. The Morgan fingerprint density at radius 1 is 1.29 bits per heavy atom. The zero-order chi connectivity index (χ0) is 15.0. The van der Waals surface area contributed by atoms with Gasteiger partial charge in [-0.25, -0.2) is 4.98 Å². The Kier molecular flexibility index (Phi) is 4.04. The van der Waals surface area contributed by atoms with Crippen LogP contribution in [0.3, 0.4) is 0 Å². The SMILES string of the molecule is O=C(O)C1CCN(c2ccc3c(Cl)ccc(Br)c3n2)CC1. The van der Waals surface area contributed by atoms with Crippen molar-refractivity contribution >= 4 is 50.2 Å². The van der Waals surface area contributed by atoms with Crippen LogP contribution >= 0.6 is 27.5 Å². The fraction of sp³-hybridized carbons (Fsp3) is 0.333. The molecule has 110 valence electrons. The van der Waals surface area contributed by atoms with Crippen molar-refractivity contribution in [1.82, 2.24) is 4.98 Å². The highest BCUT2D eigenvalue weighted by Gasteiger charge is 2.25. The molecule has 21 heavy (non-hydrogen) atoms. The number of carboxylic acids is 1. The number of benzene rings is 1. The van der Waals surface area contributed by atoms with E-state index in [1.54, 1.807) is 0 Å². The summed E-state index contributed by atoms with van der Waals surface area (Å²) < 4.78 is 0.907. The first-order valence-electron chi connectivity index (χ1n) is 6.79. The third-order valence-corrected chi connectivity index (χ3v) is 4.88. The Balaban J connectivity index is 1.89. The maximum absolute atomic E-state index is 11.0. The van der Waals surface area contributed by atoms with Crippen molar-refractivity contribution in [1.29, 1.82) is 0 Å². The van der Waals surface area contributed by atoms with E-state index in [4.69, 9.17) is 16.7 Å². The maximum Gasteiger partial charge on any atom is 0.306 e. The summed E-state index contributed by atoms with van der Waals surface area (Å²) in [6, 6.07) is 7.64. The molecule has 2 aromatic rings. The molecule has 1 saturated heterocycles. The second-order valence-corrected chi connectivity index (χ2v) is 6.46. The van der Waals surface area contributed by atoms with Gasteiger partial charge in [0.1, 0.15) is 5.82 Å². The highest BCUT2D eigenvalue weighted by atomic mass is 79.9. The quantitative estimate of drug-likeness (QED) is 0.871. The molecular weight excluding hydrogens is 356 g/mol. The van der Waals surface area contributed by atoms with Crippen LogP contribution in [0.25, 0.3) is 10.9 Å². The summed E-state index contributed by atoms with van der Waals surface area (Å²) in [5, 5.41) is 10.6. The molecule has 0 saturated carbocycles. The average molecular weight is 370 g/mol. The number of pyridine rings is 1. The number of rotatable bonds is 2. The number of hydrogen-bond acceptors (Lipinski definition) is 3. The molecule has 0 amide bonds. The summed E-state index contributed by atoms with van der Waals surface area (Å²) >= 11 is 9.68. The number of piperidine rings is 1. The molecule has 0 spiro atoms. The highest BCUT2D eigenvalue weighted by Crippen LogP contribution is 2.31. The number of carbonyl (C=O) groups is 1. The molecule has 1 aromatic carbocycles. The lowest BCUT2D eigenvalue weighted by molar-refractivity contribution is -0.142. The standard InChI is InChI=1S/C15H14BrClN2O2/c16-11-2-3-12(17)10-1-4-13(18-14(10)11)19-7-5-9(6-8-19)15(20)21/h1-4,9H,5-8H2,(H,20,21). The molecule has 0 bridgehead atoms. The lowest BCUT2D eigenvalue weighted by atomic mass is 9.97. The number of nitrogens with zero attached hydrogens (tertiary/aromatic N) is 2. The van der Waals surface area contributed by atoms with Crippen LogP contribution in [0.15, 0.2) is 28.7 Å². The van der Waals surface area contributed by atoms with Gasteiger partial charge in [-0.1, -0.05) is 11.6 Å². The second kappa shape index (κ2) is 5.81. The minimum atomic E-state index is -0.698. The van der Waals surface area contributed by atoms with E-state index in [0.717, 1.165) is 21.2 Å². The minimum Gasteiger partial charge on any atom is -0.481 e. The van der Waals surface area contributed by atoms with Crippen LogP contribution in [-0.4, -0.2) is 29.1 Å². The zero-order valence-corrected chi connectivity index (χ0v) is 13.6. The number of aromatic nitrogens is 1. The van der Waals surface area contributed by atoms with Crippen molar-refractivity contribution in [3.63, 3.8) is 0 Å². The largest absolute Gasteiger partial charge is 0.481 e. The van der Waals surface area contributed by atoms with Gasteiger partial charge in [-0.15, -0.1) is 0 Å². The fourth-order valence-electron chi connectivity index (χ4n) is 2.67. The summed E-state index contributed by atoms with van der Waals surface area (Å²) in [6.07, 6.45) is 1.32. The lowest BCUT2D eigenvalue weighted by Crippen LogP contribution is -2.36. The third-order valence-electron chi connectivity index (χ3n) is 3.91. The Bertz CT molecular complexity index is 699. The predicted octanol–water partition coefficient (Wildman–Crippen LogP) is 3.95. The molecule has 1 fully saturated rings. The summed E-state index contributed by atoms with van der Waals surface area (Å²) in [6.45, 7) is 1.43. The molecular formula is C15H14BrClN2O2. The van der Waals surface area contributed by atoms with Gasteiger partial charge in [0.25, 0.3) is 0 Å². The number of anilines is 1. The van der Waals surface area contributed by atoms with E-state index in [1.807, 2.05) is 24.3 Å². The number of aliphatic carboxylic acids is 1. The Morgan fingerprint density at radius 3 is 2.67 bits per heavy atom. The van der Waals surface area contributed by atoms with E-state index in [-0.39, 0.29) is 5.92 Å². The molecule has 0 aliphatic carbocycles. The zero-order valence-electron chi connectivity index (χ0n) is 11.2. The van der Waals surface area contributed by atoms with E-state index in [9.17, 15) is 4.79 Å². The van der Waals surface area contributed by atoms with E-state index < -0.39 is 5.97 Å². The van der Waals surface area contributed by atoms with E-state index >= 15 is 0 Å². The van der Waals surface area contributed by atoms with Crippen LogP contribution in [0, 0.1) is 5.92 Å². The Morgan fingerprint density at radius 2 is 2.00 bits per heavy atom. The van der Waals surface area contributed by atoms with Gasteiger partial charge in [-0.05, 0) is 53.0 Å². The van der Waals surface area contributed by atoms with Gasteiger partial charge in [-0.2, -0.15) is 0 Å². The van der Waals surface area contributed by atoms with E-state index in [1.165, 1.54) is 0 Å². The molecule has 0 radical (unpaired) electrons. The van der Waals surface area contributed by atoms with Gasteiger partial charge in [0.05, 0.1) is 16.5 Å². The fourth-order valence-corrected chi connectivity index (χ4v) is 3.32. The Hall–Kier alpha value is -1.33. The average Bonchev–Trinajstić information content (AvgIpc) is 2.51. The van der Waals surface area contributed by atoms with Crippen molar-refractivity contribution < 1.29 is 9.90 Å². The molecule has 4 nitrogen and oxygen atoms in total. The minimum absolute atomic E-state index is 0.233. The number of carboxylic acid groups (broad SMARTS) is 1. The smallest absolute Gasteiger partial charge is 0.306 e. The molecule has 1 aliphatic heterocycles. The third kappa shape index (κ3) is 2.85. The van der Waals surface area contributed by atoms with Crippen LogP contribution in [-0.2, 0) is 4.79 Å². The molecule has 6 heteroatoms. The molecule has 0 atom stereocenters. The molecule has 1 aliphatic rings. The molecule has 1 aromatic heterocycles. The van der Waals surface area contributed by atoms with Crippen molar-refractivity contribution in [3.05, 3.63) is 33.8 Å². The van der Waals surface area contributed by atoms with Crippen LogP contribution < -0.4 is 4.90 Å². The first-order chi connectivity index (χ1) is 10.1. The van der Waals surface area contributed by atoms with Gasteiger partial charge < -0.3 is 10.0 Å². The van der Waals surface area contributed by atoms with Crippen LogP contribution in [0.4, 0.5) is 5.82 Å². The number of hydrogen-bond donors (Lipinski definition) is 1. The lowest BCUT2D eigenvalue weighted by Gasteiger charge is -2.31. The predicted molar refractivity (Wildman–Crippen MR) is 87.0 cm³/mol. The van der Waals surface area contributed by atoms with Crippen molar-refractivity contribution in [2.45, 2.75) is 12.8 Å². The first-order valence-corrected chi connectivity index (χ1v) is 7.96. The summed E-state index contributed by atoms with van der Waals surface area (Å²) in [5.41, 5.74) is 0.834. The van der Waals surface area contributed by atoms with Gasteiger partial charge >= 0.3 is 5.97 Å². The number of halogens is 2. The normalized spacial score (nSPS) is 16.4. The van der Waals surface area contributed by atoms with Crippen molar-refractivity contribution in [3.8, 4) is 0 Å². The van der Waals surface area contributed by atoms with Gasteiger partial charge in [0.2, 0.25) is 0 Å². The molecule has 2 heterocycles.